The molecular weight excluding hydrogens is 400 g/mol. The quantitative estimate of drug-likeness (QED) is 0.713. The van der Waals surface area contributed by atoms with Crippen LogP contribution in [0.3, 0.4) is 0 Å². The molecule has 1 saturated carbocycles. The predicted octanol–water partition coefficient (Wildman–Crippen LogP) is 3.62. The van der Waals surface area contributed by atoms with Gasteiger partial charge in [-0.3, -0.25) is 19.4 Å². The first-order valence-electron chi connectivity index (χ1n) is 10.4. The Hall–Kier alpha value is -2.48. The Morgan fingerprint density at radius 2 is 2.03 bits per heavy atom. The number of urea groups is 1. The van der Waals surface area contributed by atoms with Gasteiger partial charge in [0.05, 0.1) is 10.2 Å². The summed E-state index contributed by atoms with van der Waals surface area (Å²) in [6.07, 6.45) is 1.85. The molecule has 4 amide bonds. The number of rotatable bonds is 6. The van der Waals surface area contributed by atoms with Crippen LogP contribution < -0.4 is 10.2 Å². The van der Waals surface area contributed by atoms with E-state index in [1.165, 1.54) is 11.3 Å². The Labute approximate surface area is 180 Å². The van der Waals surface area contributed by atoms with Crippen molar-refractivity contribution in [1.82, 2.24) is 15.2 Å². The molecule has 1 atom stereocenters. The van der Waals surface area contributed by atoms with Gasteiger partial charge in [0.2, 0.25) is 5.91 Å². The van der Waals surface area contributed by atoms with Crippen molar-refractivity contribution < 1.29 is 14.4 Å². The molecule has 4 rings (SSSR count). The van der Waals surface area contributed by atoms with Gasteiger partial charge in [0.15, 0.2) is 5.13 Å². The molecule has 2 fully saturated rings. The standard InChI is InChI=1S/C22H28N4O3S/c1-12(2)10-25(21-23-16-9-13(3)8-14(4)18(16)30-21)17(27)11-26-19(28)22(5,15-6-7-15)24-20(26)29/h8-9,12,15H,6-7,10-11H2,1-5H3,(H,24,29)/t22-/m1/s1. The van der Waals surface area contributed by atoms with Gasteiger partial charge in [-0.05, 0) is 62.6 Å². The summed E-state index contributed by atoms with van der Waals surface area (Å²) in [4.78, 5) is 46.1. The number of amides is 4. The fourth-order valence-corrected chi connectivity index (χ4v) is 5.19. The van der Waals surface area contributed by atoms with Crippen LogP contribution in [0.25, 0.3) is 10.2 Å². The molecule has 0 bridgehead atoms. The number of fused-ring (bicyclic) bond motifs is 1. The number of aromatic nitrogens is 1. The molecule has 2 aliphatic rings. The lowest BCUT2D eigenvalue weighted by atomic mass is 9.96. The van der Waals surface area contributed by atoms with Crippen molar-refractivity contribution in [3.05, 3.63) is 23.3 Å². The first-order valence-corrected chi connectivity index (χ1v) is 11.2. The lowest BCUT2D eigenvalue weighted by Gasteiger charge is -2.24. The molecule has 2 aromatic rings. The SMILES string of the molecule is Cc1cc(C)c2sc(N(CC(C)C)C(=O)CN3C(=O)N[C@](C)(C4CC4)C3=O)nc2c1. The molecule has 1 aromatic heterocycles. The number of carbonyl (C=O) groups is 3. The number of thiazole rings is 1. The summed E-state index contributed by atoms with van der Waals surface area (Å²) in [5, 5.41) is 3.41. The van der Waals surface area contributed by atoms with Gasteiger partial charge in [-0.2, -0.15) is 0 Å². The molecule has 8 heteroatoms. The summed E-state index contributed by atoms with van der Waals surface area (Å²) < 4.78 is 1.05. The molecule has 1 aliphatic carbocycles. The Kier molecular flexibility index (Phi) is 5.08. The van der Waals surface area contributed by atoms with Crippen LogP contribution in [-0.2, 0) is 9.59 Å². The van der Waals surface area contributed by atoms with Crippen LogP contribution in [0.2, 0.25) is 0 Å². The Morgan fingerprint density at radius 3 is 2.67 bits per heavy atom. The zero-order valence-electron chi connectivity index (χ0n) is 18.1. The van der Waals surface area contributed by atoms with E-state index in [1.54, 1.807) is 11.8 Å². The number of hydrogen-bond donors (Lipinski definition) is 1. The third kappa shape index (κ3) is 3.57. The summed E-state index contributed by atoms with van der Waals surface area (Å²) in [5.41, 5.74) is 2.23. The second-order valence-corrected chi connectivity index (χ2v) is 10.1. The Morgan fingerprint density at radius 1 is 1.33 bits per heavy atom. The number of benzene rings is 1. The second-order valence-electron chi connectivity index (χ2n) is 9.12. The van der Waals surface area contributed by atoms with Crippen molar-refractivity contribution in [1.29, 1.82) is 0 Å². The maximum absolute atomic E-state index is 13.3. The van der Waals surface area contributed by atoms with Crippen molar-refractivity contribution in [3.63, 3.8) is 0 Å². The van der Waals surface area contributed by atoms with Crippen LogP contribution >= 0.6 is 11.3 Å². The van der Waals surface area contributed by atoms with Crippen LogP contribution in [0, 0.1) is 25.7 Å². The van der Waals surface area contributed by atoms with E-state index in [0.717, 1.165) is 39.1 Å². The van der Waals surface area contributed by atoms with Crippen LogP contribution in [-0.4, -0.2) is 46.4 Å². The van der Waals surface area contributed by atoms with E-state index in [-0.39, 0.29) is 30.2 Å². The Bertz CT molecular complexity index is 1040. The van der Waals surface area contributed by atoms with Gasteiger partial charge in [0, 0.05) is 6.54 Å². The molecule has 30 heavy (non-hydrogen) atoms. The van der Waals surface area contributed by atoms with Crippen LogP contribution in [0.15, 0.2) is 12.1 Å². The highest BCUT2D eigenvalue weighted by atomic mass is 32.1. The number of anilines is 1. The first kappa shape index (κ1) is 20.8. The normalized spacial score (nSPS) is 21.6. The molecule has 1 saturated heterocycles. The fourth-order valence-electron chi connectivity index (χ4n) is 4.15. The van der Waals surface area contributed by atoms with Crippen LogP contribution in [0.1, 0.15) is 44.7 Å². The first-order chi connectivity index (χ1) is 14.1. The average Bonchev–Trinajstić information content (AvgIpc) is 3.39. The van der Waals surface area contributed by atoms with Gasteiger partial charge in [0.25, 0.3) is 5.91 Å². The molecule has 0 spiro atoms. The summed E-state index contributed by atoms with van der Waals surface area (Å²) in [6, 6.07) is 3.63. The zero-order chi connectivity index (χ0) is 21.8. The molecule has 7 nitrogen and oxygen atoms in total. The van der Waals surface area contributed by atoms with E-state index in [0.29, 0.717) is 11.7 Å². The van der Waals surface area contributed by atoms with Crippen LogP contribution in [0.4, 0.5) is 9.93 Å². The van der Waals surface area contributed by atoms with Crippen molar-refractivity contribution in [3.8, 4) is 0 Å². The van der Waals surface area contributed by atoms with Gasteiger partial charge in [-0.1, -0.05) is 31.3 Å². The van der Waals surface area contributed by atoms with Gasteiger partial charge < -0.3 is 5.32 Å². The molecule has 0 unspecified atom stereocenters. The lowest BCUT2D eigenvalue weighted by molar-refractivity contribution is -0.134. The van der Waals surface area contributed by atoms with E-state index < -0.39 is 11.6 Å². The monoisotopic (exact) mass is 428 g/mol. The second kappa shape index (κ2) is 7.34. The molecular formula is C22H28N4O3S. The smallest absolute Gasteiger partial charge is 0.323 e. The largest absolute Gasteiger partial charge is 0.325 e. The Balaban J connectivity index is 1.61. The number of carbonyl (C=O) groups excluding carboxylic acids is 3. The fraction of sp³-hybridized carbons (Fsp3) is 0.545. The average molecular weight is 429 g/mol. The van der Waals surface area contributed by atoms with Crippen molar-refractivity contribution in [2.45, 2.75) is 53.0 Å². The summed E-state index contributed by atoms with van der Waals surface area (Å²) in [5.74, 6) is -0.218. The minimum Gasteiger partial charge on any atom is -0.323 e. The van der Waals surface area contributed by atoms with E-state index in [4.69, 9.17) is 4.98 Å². The van der Waals surface area contributed by atoms with E-state index in [2.05, 4.69) is 11.4 Å². The van der Waals surface area contributed by atoms with E-state index >= 15 is 0 Å². The maximum atomic E-state index is 13.3. The number of imide groups is 1. The lowest BCUT2D eigenvalue weighted by Crippen LogP contribution is -2.47. The number of aryl methyl sites for hydroxylation is 2. The van der Waals surface area contributed by atoms with Crippen molar-refractivity contribution in [2.24, 2.45) is 11.8 Å². The summed E-state index contributed by atoms with van der Waals surface area (Å²) in [6.45, 7) is 10.1. The van der Waals surface area contributed by atoms with Gasteiger partial charge in [-0.25, -0.2) is 9.78 Å². The minimum atomic E-state index is -0.884. The summed E-state index contributed by atoms with van der Waals surface area (Å²) in [7, 11) is 0. The maximum Gasteiger partial charge on any atom is 0.325 e. The highest BCUT2D eigenvalue weighted by Crippen LogP contribution is 2.42. The zero-order valence-corrected chi connectivity index (χ0v) is 18.9. The van der Waals surface area contributed by atoms with E-state index in [1.807, 2.05) is 33.8 Å². The highest BCUT2D eigenvalue weighted by Gasteiger charge is 2.56. The number of nitrogens with zero attached hydrogens (tertiary/aromatic N) is 3. The number of nitrogens with one attached hydrogen (secondary N) is 1. The highest BCUT2D eigenvalue weighted by molar-refractivity contribution is 7.22. The molecule has 1 aliphatic heterocycles. The van der Waals surface area contributed by atoms with E-state index in [9.17, 15) is 14.4 Å². The minimum absolute atomic E-state index is 0.163. The van der Waals surface area contributed by atoms with Crippen molar-refractivity contribution >= 4 is 44.5 Å². The van der Waals surface area contributed by atoms with Gasteiger partial charge >= 0.3 is 6.03 Å². The predicted molar refractivity (Wildman–Crippen MR) is 118 cm³/mol. The topological polar surface area (TPSA) is 82.6 Å². The van der Waals surface area contributed by atoms with Gasteiger partial charge in [-0.15, -0.1) is 0 Å². The molecule has 160 valence electrons. The molecule has 1 aromatic carbocycles. The molecule has 1 N–H and O–H groups in total. The number of hydrogen-bond acceptors (Lipinski definition) is 5. The molecule has 2 heterocycles. The van der Waals surface area contributed by atoms with Gasteiger partial charge in [0.1, 0.15) is 12.1 Å². The third-order valence-electron chi connectivity index (χ3n) is 5.88. The summed E-state index contributed by atoms with van der Waals surface area (Å²) >= 11 is 1.48. The van der Waals surface area contributed by atoms with Crippen molar-refractivity contribution in [2.75, 3.05) is 18.0 Å². The molecule has 0 radical (unpaired) electrons. The van der Waals surface area contributed by atoms with Crippen LogP contribution in [0.5, 0.6) is 0 Å². The third-order valence-corrected chi connectivity index (χ3v) is 7.11.